The molecule has 17 heavy (non-hydrogen) atoms. The summed E-state index contributed by atoms with van der Waals surface area (Å²) < 4.78 is 5.80. The highest BCUT2D eigenvalue weighted by Crippen LogP contribution is 2.43. The second-order valence-electron chi connectivity index (χ2n) is 3.77. The van der Waals surface area contributed by atoms with Crippen LogP contribution in [0.3, 0.4) is 0 Å². The summed E-state index contributed by atoms with van der Waals surface area (Å²) in [6.07, 6.45) is 0.741. The van der Waals surface area contributed by atoms with Gasteiger partial charge in [-0.05, 0) is 12.1 Å². The van der Waals surface area contributed by atoms with Gasteiger partial charge in [0.1, 0.15) is 0 Å². The van der Waals surface area contributed by atoms with Crippen molar-refractivity contribution in [1.29, 1.82) is 0 Å². The summed E-state index contributed by atoms with van der Waals surface area (Å²) in [6.45, 7) is 0. The van der Waals surface area contributed by atoms with E-state index in [1.165, 1.54) is 12.1 Å². The molecule has 1 fully saturated rings. The lowest BCUT2D eigenvalue weighted by atomic mass is 10.3. The van der Waals surface area contributed by atoms with Crippen LogP contribution in [-0.4, -0.2) is 21.6 Å². The van der Waals surface area contributed by atoms with Crippen molar-refractivity contribution in [3.8, 4) is 5.75 Å². The Hall–Kier alpha value is -1.63. The normalized spacial score (nSPS) is 16.3. The Morgan fingerprint density at radius 1 is 1.53 bits per heavy atom. The molecule has 0 aromatic heterocycles. The molecule has 0 aliphatic heterocycles. The molecule has 1 saturated carbocycles. The third-order valence-electron chi connectivity index (χ3n) is 2.52. The van der Waals surface area contributed by atoms with Gasteiger partial charge in [0.2, 0.25) is 5.60 Å². The summed E-state index contributed by atoms with van der Waals surface area (Å²) >= 11 is 3.11. The summed E-state index contributed by atoms with van der Waals surface area (Å²) in [5, 5.41) is 19.8. The van der Waals surface area contributed by atoms with E-state index in [9.17, 15) is 14.9 Å². The molecule has 0 radical (unpaired) electrons. The molecule has 1 aromatic carbocycles. The number of nitro benzene ring substituents is 1. The fourth-order valence-corrected chi connectivity index (χ4v) is 1.75. The lowest BCUT2D eigenvalue weighted by molar-refractivity contribution is -0.386. The van der Waals surface area contributed by atoms with Gasteiger partial charge in [-0.15, -0.1) is 0 Å². The number of hydrogen-bond donors (Lipinski definition) is 1. The first kappa shape index (κ1) is 11.8. The number of rotatable bonds is 4. The molecule has 0 unspecified atom stereocenters. The van der Waals surface area contributed by atoms with Crippen LogP contribution < -0.4 is 4.74 Å². The fraction of sp³-hybridized carbons (Fsp3) is 0.300. The molecule has 0 atom stereocenters. The zero-order chi connectivity index (χ0) is 12.6. The number of aliphatic carboxylic acids is 1. The lowest BCUT2D eigenvalue weighted by Crippen LogP contribution is -2.29. The highest BCUT2D eigenvalue weighted by Gasteiger charge is 2.54. The number of carboxylic acid groups (broad SMARTS) is 1. The highest BCUT2D eigenvalue weighted by atomic mass is 79.9. The monoisotopic (exact) mass is 301 g/mol. The zero-order valence-corrected chi connectivity index (χ0v) is 10.1. The number of benzene rings is 1. The summed E-state index contributed by atoms with van der Waals surface area (Å²) in [5.74, 6) is -1.10. The molecule has 90 valence electrons. The Labute approximate surface area is 104 Å². The Kier molecular flexibility index (Phi) is 2.78. The molecule has 1 N–H and O–H groups in total. The minimum Gasteiger partial charge on any atom is -0.478 e. The van der Waals surface area contributed by atoms with E-state index in [0.29, 0.717) is 17.3 Å². The van der Waals surface area contributed by atoms with Crippen LogP contribution in [0, 0.1) is 10.1 Å². The average Bonchev–Trinajstić information content (AvgIpc) is 3.01. The van der Waals surface area contributed by atoms with E-state index in [-0.39, 0.29) is 11.4 Å². The smallest absolute Gasteiger partial charge is 0.348 e. The van der Waals surface area contributed by atoms with Crippen molar-refractivity contribution in [3.63, 3.8) is 0 Å². The molecule has 1 aliphatic carbocycles. The fourth-order valence-electron chi connectivity index (χ4n) is 1.40. The standard InChI is InChI=1S/C10H8BrNO5/c11-6-1-2-8(7(5-6)12(15)16)17-10(3-4-10)9(13)14/h1-2,5H,3-4H2,(H,13,14). The number of ether oxygens (including phenoxy) is 1. The third kappa shape index (κ3) is 2.23. The number of carboxylic acids is 1. The van der Waals surface area contributed by atoms with E-state index < -0.39 is 16.5 Å². The van der Waals surface area contributed by atoms with Gasteiger partial charge in [0, 0.05) is 23.4 Å². The molecule has 7 heteroatoms. The molecular weight excluding hydrogens is 294 g/mol. The van der Waals surface area contributed by atoms with Crippen LogP contribution in [0.15, 0.2) is 22.7 Å². The molecule has 1 aromatic rings. The van der Waals surface area contributed by atoms with Crippen LogP contribution in [-0.2, 0) is 4.79 Å². The van der Waals surface area contributed by atoms with Crippen molar-refractivity contribution in [2.24, 2.45) is 0 Å². The summed E-state index contributed by atoms with van der Waals surface area (Å²) in [5.41, 5.74) is -1.52. The summed E-state index contributed by atoms with van der Waals surface area (Å²) in [4.78, 5) is 21.1. The second-order valence-corrected chi connectivity index (χ2v) is 4.69. The maximum absolute atomic E-state index is 10.9. The molecule has 0 saturated heterocycles. The van der Waals surface area contributed by atoms with Gasteiger partial charge in [0.15, 0.2) is 5.75 Å². The molecule has 1 aliphatic rings. The van der Waals surface area contributed by atoms with Gasteiger partial charge in [0.05, 0.1) is 4.92 Å². The van der Waals surface area contributed by atoms with Crippen molar-refractivity contribution in [3.05, 3.63) is 32.8 Å². The van der Waals surface area contributed by atoms with E-state index in [2.05, 4.69) is 15.9 Å². The van der Waals surface area contributed by atoms with Gasteiger partial charge in [-0.2, -0.15) is 0 Å². The lowest BCUT2D eigenvalue weighted by Gasteiger charge is -2.13. The van der Waals surface area contributed by atoms with Crippen LogP contribution in [0.4, 0.5) is 5.69 Å². The summed E-state index contributed by atoms with van der Waals surface area (Å²) in [6, 6.07) is 4.25. The predicted octanol–water partition coefficient (Wildman–Crippen LogP) is 2.35. The van der Waals surface area contributed by atoms with E-state index in [4.69, 9.17) is 9.84 Å². The average molecular weight is 302 g/mol. The minimum absolute atomic E-state index is 0.0156. The van der Waals surface area contributed by atoms with Gasteiger partial charge in [-0.25, -0.2) is 4.79 Å². The van der Waals surface area contributed by atoms with Crippen LogP contribution in [0.5, 0.6) is 5.75 Å². The Morgan fingerprint density at radius 2 is 2.18 bits per heavy atom. The number of carbonyl (C=O) groups is 1. The first-order chi connectivity index (χ1) is 7.94. The SMILES string of the molecule is O=C(O)C1(Oc2ccc(Br)cc2[N+](=O)[O-])CC1. The summed E-state index contributed by atoms with van der Waals surface area (Å²) in [7, 11) is 0. The maximum atomic E-state index is 10.9. The first-order valence-electron chi connectivity index (χ1n) is 4.81. The topological polar surface area (TPSA) is 89.7 Å². The first-order valence-corrected chi connectivity index (χ1v) is 5.60. The van der Waals surface area contributed by atoms with E-state index in [1.54, 1.807) is 6.07 Å². The Morgan fingerprint density at radius 3 is 2.65 bits per heavy atom. The third-order valence-corrected chi connectivity index (χ3v) is 3.01. The van der Waals surface area contributed by atoms with Crippen LogP contribution in [0.1, 0.15) is 12.8 Å². The van der Waals surface area contributed by atoms with Crippen molar-refractivity contribution < 1.29 is 19.6 Å². The molecule has 0 heterocycles. The molecule has 0 amide bonds. The zero-order valence-electron chi connectivity index (χ0n) is 8.55. The van der Waals surface area contributed by atoms with Crippen molar-refractivity contribution in [1.82, 2.24) is 0 Å². The van der Waals surface area contributed by atoms with Crippen molar-refractivity contribution in [2.75, 3.05) is 0 Å². The van der Waals surface area contributed by atoms with E-state index >= 15 is 0 Å². The quantitative estimate of drug-likeness (QED) is 0.681. The molecule has 0 spiro atoms. The molecule has 0 bridgehead atoms. The number of hydrogen-bond acceptors (Lipinski definition) is 4. The van der Waals surface area contributed by atoms with Crippen LogP contribution in [0.25, 0.3) is 0 Å². The van der Waals surface area contributed by atoms with Gasteiger partial charge < -0.3 is 9.84 Å². The second kappa shape index (κ2) is 3.99. The molecule has 6 nitrogen and oxygen atoms in total. The van der Waals surface area contributed by atoms with E-state index in [1.807, 2.05) is 0 Å². The van der Waals surface area contributed by atoms with Gasteiger partial charge in [-0.3, -0.25) is 10.1 Å². The predicted molar refractivity (Wildman–Crippen MR) is 61.0 cm³/mol. The van der Waals surface area contributed by atoms with Gasteiger partial charge >= 0.3 is 11.7 Å². The Bertz CT molecular complexity index is 497. The minimum atomic E-state index is -1.28. The van der Waals surface area contributed by atoms with Crippen molar-refractivity contribution in [2.45, 2.75) is 18.4 Å². The molecular formula is C10H8BrNO5. The van der Waals surface area contributed by atoms with E-state index in [0.717, 1.165) is 0 Å². The Balaban J connectivity index is 2.33. The van der Waals surface area contributed by atoms with Crippen molar-refractivity contribution >= 4 is 27.6 Å². The number of nitrogens with zero attached hydrogens (tertiary/aromatic N) is 1. The van der Waals surface area contributed by atoms with Gasteiger partial charge in [0.25, 0.3) is 0 Å². The molecule has 2 rings (SSSR count). The largest absolute Gasteiger partial charge is 0.478 e. The maximum Gasteiger partial charge on any atom is 0.348 e. The highest BCUT2D eigenvalue weighted by molar-refractivity contribution is 9.10. The number of halogens is 1. The number of nitro groups is 1. The van der Waals surface area contributed by atoms with Gasteiger partial charge in [-0.1, -0.05) is 15.9 Å². The van der Waals surface area contributed by atoms with Crippen LogP contribution >= 0.6 is 15.9 Å². The van der Waals surface area contributed by atoms with Crippen LogP contribution in [0.2, 0.25) is 0 Å².